The van der Waals surface area contributed by atoms with Crippen LogP contribution < -0.4 is 11.1 Å². The van der Waals surface area contributed by atoms with Gasteiger partial charge in [0.25, 0.3) is 0 Å². The minimum Gasteiger partial charge on any atom is -0.380 e. The average Bonchev–Trinajstić information content (AvgIpc) is 2.56. The smallest absolute Gasteiger partial charge is 0.223 e. The van der Waals surface area contributed by atoms with Crippen LogP contribution in [0.4, 0.5) is 0 Å². The van der Waals surface area contributed by atoms with Gasteiger partial charge in [-0.05, 0) is 29.9 Å². The van der Waals surface area contributed by atoms with Crippen LogP contribution in [0.15, 0.2) is 24.3 Å². The molecular formula is C19H33ClN2O2. The van der Waals surface area contributed by atoms with Gasteiger partial charge in [-0.1, -0.05) is 51.5 Å². The fourth-order valence-electron chi connectivity index (χ4n) is 2.61. The molecule has 0 saturated carbocycles. The zero-order valence-electron chi connectivity index (χ0n) is 15.4. The van der Waals surface area contributed by atoms with Crippen LogP contribution in [0, 0.1) is 5.92 Å². The summed E-state index contributed by atoms with van der Waals surface area (Å²) in [4.78, 5) is 12.2. The summed E-state index contributed by atoms with van der Waals surface area (Å²) >= 11 is 0. The summed E-state index contributed by atoms with van der Waals surface area (Å²) in [5.41, 5.74) is 8.09. The first kappa shape index (κ1) is 22.9. The van der Waals surface area contributed by atoms with Gasteiger partial charge in [0.2, 0.25) is 5.91 Å². The maximum atomic E-state index is 12.2. The summed E-state index contributed by atoms with van der Waals surface area (Å²) in [7, 11) is 1.58. The van der Waals surface area contributed by atoms with E-state index in [9.17, 15) is 4.79 Å². The topological polar surface area (TPSA) is 64.4 Å². The second-order valence-corrected chi connectivity index (χ2v) is 6.43. The number of benzene rings is 1. The second kappa shape index (κ2) is 12.3. The monoisotopic (exact) mass is 356 g/mol. The highest BCUT2D eigenvalue weighted by molar-refractivity contribution is 5.85. The molecule has 0 fully saturated rings. The number of methoxy groups -OCH3 is 1. The molecule has 5 heteroatoms. The molecule has 24 heavy (non-hydrogen) atoms. The quantitative estimate of drug-likeness (QED) is 0.672. The van der Waals surface area contributed by atoms with Crippen molar-refractivity contribution in [3.8, 4) is 0 Å². The highest BCUT2D eigenvalue weighted by Crippen LogP contribution is 2.23. The van der Waals surface area contributed by atoms with Crippen LogP contribution in [0.3, 0.4) is 0 Å². The number of halogens is 1. The Morgan fingerprint density at radius 1 is 1.25 bits per heavy atom. The predicted octanol–water partition coefficient (Wildman–Crippen LogP) is 3.63. The Morgan fingerprint density at radius 2 is 1.88 bits per heavy atom. The molecule has 4 nitrogen and oxygen atoms in total. The van der Waals surface area contributed by atoms with E-state index in [4.69, 9.17) is 10.5 Å². The minimum absolute atomic E-state index is 0. The van der Waals surface area contributed by atoms with Crippen molar-refractivity contribution in [3.63, 3.8) is 0 Å². The van der Waals surface area contributed by atoms with E-state index in [0.717, 1.165) is 12.0 Å². The van der Waals surface area contributed by atoms with Crippen molar-refractivity contribution in [2.45, 2.75) is 58.6 Å². The summed E-state index contributed by atoms with van der Waals surface area (Å²) in [5.74, 6) is 0.301. The van der Waals surface area contributed by atoms with Gasteiger partial charge in [-0.2, -0.15) is 0 Å². The lowest BCUT2D eigenvalue weighted by Gasteiger charge is -2.24. The van der Waals surface area contributed by atoms with Gasteiger partial charge < -0.3 is 15.8 Å². The molecular weight excluding hydrogens is 324 g/mol. The van der Waals surface area contributed by atoms with E-state index >= 15 is 0 Å². The molecule has 3 N–H and O–H groups in total. The van der Waals surface area contributed by atoms with Crippen molar-refractivity contribution in [1.29, 1.82) is 0 Å². The van der Waals surface area contributed by atoms with Crippen LogP contribution in [0.2, 0.25) is 0 Å². The van der Waals surface area contributed by atoms with Crippen molar-refractivity contribution in [2.24, 2.45) is 11.7 Å². The van der Waals surface area contributed by atoms with Gasteiger partial charge in [0.05, 0.1) is 18.6 Å². The molecule has 0 radical (unpaired) electrons. The molecule has 1 aromatic carbocycles. The van der Waals surface area contributed by atoms with Gasteiger partial charge >= 0.3 is 0 Å². The average molecular weight is 357 g/mol. The fraction of sp³-hybridized carbons (Fsp3) is 0.632. The molecule has 0 aliphatic heterocycles. The number of nitrogens with two attached hydrogens (primary N) is 1. The number of rotatable bonds is 10. The molecule has 0 aliphatic rings. The van der Waals surface area contributed by atoms with Gasteiger partial charge in [-0.25, -0.2) is 0 Å². The Labute approximate surface area is 152 Å². The van der Waals surface area contributed by atoms with Crippen LogP contribution in [0.5, 0.6) is 0 Å². The number of carbonyl (C=O) groups is 1. The molecule has 1 amide bonds. The van der Waals surface area contributed by atoms with Crippen molar-refractivity contribution >= 4 is 18.3 Å². The summed E-state index contributed by atoms with van der Waals surface area (Å²) in [6.07, 6.45) is 3.60. The van der Waals surface area contributed by atoms with Crippen molar-refractivity contribution in [1.82, 2.24) is 5.32 Å². The molecule has 0 heterocycles. The number of ether oxygens (including phenoxy) is 1. The molecule has 0 aromatic heterocycles. The third-order valence-electron chi connectivity index (χ3n) is 4.15. The Hall–Kier alpha value is -1.10. The van der Waals surface area contributed by atoms with Gasteiger partial charge in [0.15, 0.2) is 0 Å². The molecule has 0 spiro atoms. The highest BCUT2D eigenvalue weighted by atomic mass is 35.5. The number of nitrogens with one attached hydrogen (secondary N) is 1. The lowest BCUT2D eigenvalue weighted by Crippen LogP contribution is -2.36. The summed E-state index contributed by atoms with van der Waals surface area (Å²) in [6.45, 7) is 6.79. The number of amides is 1. The highest BCUT2D eigenvalue weighted by Gasteiger charge is 2.20. The third-order valence-corrected chi connectivity index (χ3v) is 4.15. The van der Waals surface area contributed by atoms with Gasteiger partial charge in [-0.15, -0.1) is 12.4 Å². The number of hydrogen-bond donors (Lipinski definition) is 2. The summed E-state index contributed by atoms with van der Waals surface area (Å²) in [6, 6.07) is 8.62. The van der Waals surface area contributed by atoms with E-state index in [0.29, 0.717) is 18.9 Å². The molecule has 1 aromatic rings. The maximum Gasteiger partial charge on any atom is 0.223 e. The van der Waals surface area contributed by atoms with E-state index in [1.165, 1.54) is 18.4 Å². The molecule has 138 valence electrons. The van der Waals surface area contributed by atoms with Crippen LogP contribution in [-0.2, 0) is 16.0 Å². The maximum absolute atomic E-state index is 12.2. The van der Waals surface area contributed by atoms with E-state index < -0.39 is 0 Å². The molecule has 0 bridgehead atoms. The zero-order chi connectivity index (χ0) is 17.2. The van der Waals surface area contributed by atoms with Crippen molar-refractivity contribution in [2.75, 3.05) is 13.7 Å². The predicted molar refractivity (Wildman–Crippen MR) is 102 cm³/mol. The molecule has 0 aliphatic carbocycles. The largest absolute Gasteiger partial charge is 0.380 e. The van der Waals surface area contributed by atoms with E-state index in [-0.39, 0.29) is 30.5 Å². The normalized spacial score (nSPS) is 13.2. The molecule has 2 unspecified atom stereocenters. The van der Waals surface area contributed by atoms with Crippen LogP contribution in [0.25, 0.3) is 0 Å². The Kier molecular flexibility index (Phi) is 11.7. The first-order chi connectivity index (χ1) is 11.0. The Morgan fingerprint density at radius 3 is 2.33 bits per heavy atom. The number of aryl methyl sites for hydroxylation is 1. The Bertz CT molecular complexity index is 459. The first-order valence-electron chi connectivity index (χ1n) is 8.62. The number of hydrogen-bond acceptors (Lipinski definition) is 3. The lowest BCUT2D eigenvalue weighted by atomic mass is 9.94. The third kappa shape index (κ3) is 7.65. The number of carbonyl (C=O) groups excluding carboxylic acids is 1. The van der Waals surface area contributed by atoms with Crippen LogP contribution >= 0.6 is 12.4 Å². The summed E-state index contributed by atoms with van der Waals surface area (Å²) in [5, 5.41) is 3.12. The molecule has 1 rings (SSSR count). The van der Waals surface area contributed by atoms with Crippen LogP contribution in [-0.4, -0.2) is 25.7 Å². The first-order valence-corrected chi connectivity index (χ1v) is 8.62. The number of unbranched alkanes of at least 4 members (excludes halogenated alkanes) is 1. The fourth-order valence-corrected chi connectivity index (χ4v) is 2.61. The molecule has 0 saturated heterocycles. The SMILES string of the molecule is CCCCc1ccc(C(NC(=O)CC(CN)OC)C(C)C)cc1.Cl. The van der Waals surface area contributed by atoms with Crippen LogP contribution in [0.1, 0.15) is 57.2 Å². The minimum atomic E-state index is -0.223. The standard InChI is InChI=1S/C19H32N2O2.ClH/c1-5-6-7-15-8-10-16(11-9-15)19(14(2)3)21-18(22)12-17(13-20)23-4;/h8-11,14,17,19H,5-7,12-13,20H2,1-4H3,(H,21,22);1H. The van der Waals surface area contributed by atoms with E-state index in [2.05, 4.69) is 50.4 Å². The van der Waals surface area contributed by atoms with Gasteiger partial charge in [0, 0.05) is 13.7 Å². The zero-order valence-corrected chi connectivity index (χ0v) is 16.2. The van der Waals surface area contributed by atoms with Gasteiger partial charge in [-0.3, -0.25) is 4.79 Å². The lowest BCUT2D eigenvalue weighted by molar-refractivity contribution is -0.124. The van der Waals surface area contributed by atoms with Crippen molar-refractivity contribution < 1.29 is 9.53 Å². The summed E-state index contributed by atoms with van der Waals surface area (Å²) < 4.78 is 5.19. The molecule has 2 atom stereocenters. The van der Waals surface area contributed by atoms with E-state index in [1.54, 1.807) is 7.11 Å². The second-order valence-electron chi connectivity index (χ2n) is 6.43. The van der Waals surface area contributed by atoms with Crippen molar-refractivity contribution in [3.05, 3.63) is 35.4 Å². The van der Waals surface area contributed by atoms with E-state index in [1.807, 2.05) is 0 Å². The Balaban J connectivity index is 0.00000529. The van der Waals surface area contributed by atoms with Gasteiger partial charge in [0.1, 0.15) is 0 Å².